The predicted octanol–water partition coefficient (Wildman–Crippen LogP) is 3.06. The van der Waals surface area contributed by atoms with E-state index in [0.717, 1.165) is 38.4 Å². The Balaban J connectivity index is 1.60. The van der Waals surface area contributed by atoms with Gasteiger partial charge in [0.15, 0.2) is 11.5 Å². The van der Waals surface area contributed by atoms with Gasteiger partial charge in [0.1, 0.15) is 24.9 Å². The summed E-state index contributed by atoms with van der Waals surface area (Å²) in [6, 6.07) is 16.5. The van der Waals surface area contributed by atoms with Crippen molar-refractivity contribution in [2.45, 2.75) is 6.61 Å². The van der Waals surface area contributed by atoms with E-state index in [4.69, 9.17) is 18.9 Å². The zero-order chi connectivity index (χ0) is 21.9. The second-order valence-electron chi connectivity index (χ2n) is 6.94. The van der Waals surface area contributed by atoms with E-state index < -0.39 is 5.97 Å². The molecule has 0 radical (unpaired) electrons. The maximum absolute atomic E-state index is 12.3. The molecule has 0 N–H and O–H groups in total. The number of nitrogens with zero attached hydrogens (tertiary/aromatic N) is 2. The van der Waals surface area contributed by atoms with Crippen LogP contribution in [0.4, 0.5) is 0 Å². The minimum absolute atomic E-state index is 0.0843. The Bertz CT molecular complexity index is 931. The fraction of sp³-hybridized carbons (Fsp3) is 0.333. The summed E-state index contributed by atoms with van der Waals surface area (Å²) in [5, 5.41) is 9.39. The van der Waals surface area contributed by atoms with E-state index in [1.54, 1.807) is 25.3 Å². The minimum Gasteiger partial charge on any atom is -0.493 e. The molecule has 31 heavy (non-hydrogen) atoms. The van der Waals surface area contributed by atoms with E-state index in [1.807, 2.05) is 36.4 Å². The summed E-state index contributed by atoms with van der Waals surface area (Å²) in [5.41, 5.74) is 1.41. The van der Waals surface area contributed by atoms with E-state index in [9.17, 15) is 10.1 Å². The molecule has 1 aliphatic rings. The molecule has 7 nitrogen and oxygen atoms in total. The number of hydrogen-bond acceptors (Lipinski definition) is 7. The van der Waals surface area contributed by atoms with E-state index >= 15 is 0 Å². The fourth-order valence-electron chi connectivity index (χ4n) is 3.11. The summed E-state index contributed by atoms with van der Waals surface area (Å²) in [7, 11) is 1.55. The van der Waals surface area contributed by atoms with Crippen LogP contribution in [-0.4, -0.2) is 57.4 Å². The van der Waals surface area contributed by atoms with Gasteiger partial charge in [-0.15, -0.1) is 0 Å². The first-order valence-corrected chi connectivity index (χ1v) is 10.1. The van der Waals surface area contributed by atoms with Gasteiger partial charge in [-0.05, 0) is 29.3 Å². The van der Waals surface area contributed by atoms with Crippen molar-refractivity contribution >= 4 is 12.0 Å². The van der Waals surface area contributed by atoms with Crippen molar-refractivity contribution in [3.05, 3.63) is 65.2 Å². The van der Waals surface area contributed by atoms with Gasteiger partial charge in [0.05, 0.1) is 20.3 Å². The molecular formula is C24H26N2O5. The Labute approximate surface area is 182 Å². The highest BCUT2D eigenvalue weighted by atomic mass is 16.5. The highest BCUT2D eigenvalue weighted by Gasteiger charge is 2.13. The van der Waals surface area contributed by atoms with Gasteiger partial charge in [-0.1, -0.05) is 36.4 Å². The highest BCUT2D eigenvalue weighted by Crippen LogP contribution is 2.29. The third-order valence-corrected chi connectivity index (χ3v) is 4.82. The standard InChI is InChI=1S/C24H26N2O5/c1-28-23-16-20(7-8-22(23)30-14-11-26-9-12-29-13-10-26)15-21(17-25)24(27)31-18-19-5-3-2-4-6-19/h2-8,15-16H,9-14,18H2,1H3. The van der Waals surface area contributed by atoms with Crippen molar-refractivity contribution < 1.29 is 23.7 Å². The first-order chi connectivity index (χ1) is 15.2. The SMILES string of the molecule is COc1cc(C=C(C#N)C(=O)OCc2ccccc2)ccc1OCCN1CCOCC1. The fourth-order valence-corrected chi connectivity index (χ4v) is 3.11. The Morgan fingerprint density at radius 1 is 1.16 bits per heavy atom. The lowest BCUT2D eigenvalue weighted by atomic mass is 10.1. The lowest BCUT2D eigenvalue weighted by Crippen LogP contribution is -2.38. The van der Waals surface area contributed by atoms with Crippen molar-refractivity contribution in [3.63, 3.8) is 0 Å². The second kappa shape index (κ2) is 11.7. The second-order valence-corrected chi connectivity index (χ2v) is 6.94. The highest BCUT2D eigenvalue weighted by molar-refractivity contribution is 5.97. The molecule has 7 heteroatoms. The summed E-state index contributed by atoms with van der Waals surface area (Å²) in [4.78, 5) is 14.6. The molecule has 3 rings (SSSR count). The molecule has 162 valence electrons. The third-order valence-electron chi connectivity index (χ3n) is 4.82. The number of methoxy groups -OCH3 is 1. The van der Waals surface area contributed by atoms with Crippen LogP contribution in [0.3, 0.4) is 0 Å². The minimum atomic E-state index is -0.670. The van der Waals surface area contributed by atoms with Gasteiger partial charge in [0.2, 0.25) is 0 Å². The van der Waals surface area contributed by atoms with Crippen LogP contribution in [0.25, 0.3) is 6.08 Å². The number of carbonyl (C=O) groups excluding carboxylic acids is 1. The van der Waals surface area contributed by atoms with Crippen molar-refractivity contribution in [1.29, 1.82) is 5.26 Å². The van der Waals surface area contributed by atoms with Crippen LogP contribution in [0.1, 0.15) is 11.1 Å². The number of carbonyl (C=O) groups is 1. The van der Waals surface area contributed by atoms with Gasteiger partial charge in [-0.25, -0.2) is 4.79 Å². The van der Waals surface area contributed by atoms with Crippen LogP contribution in [-0.2, 0) is 20.9 Å². The van der Waals surface area contributed by atoms with Crippen LogP contribution < -0.4 is 9.47 Å². The van der Waals surface area contributed by atoms with Gasteiger partial charge in [0, 0.05) is 19.6 Å². The number of benzene rings is 2. The van der Waals surface area contributed by atoms with Gasteiger partial charge in [0.25, 0.3) is 0 Å². The number of nitriles is 1. The first-order valence-electron chi connectivity index (χ1n) is 10.1. The maximum atomic E-state index is 12.3. The number of hydrogen-bond donors (Lipinski definition) is 0. The average molecular weight is 422 g/mol. The van der Waals surface area contributed by atoms with Crippen LogP contribution >= 0.6 is 0 Å². The molecule has 0 atom stereocenters. The molecular weight excluding hydrogens is 396 g/mol. The lowest BCUT2D eigenvalue weighted by molar-refractivity contribution is -0.139. The molecule has 0 saturated carbocycles. The van der Waals surface area contributed by atoms with Gasteiger partial charge >= 0.3 is 5.97 Å². The van der Waals surface area contributed by atoms with E-state index in [1.165, 1.54) is 6.08 Å². The number of esters is 1. The smallest absolute Gasteiger partial charge is 0.349 e. The first kappa shape index (κ1) is 22.3. The Kier molecular flexibility index (Phi) is 8.47. The third kappa shape index (κ3) is 6.85. The largest absolute Gasteiger partial charge is 0.493 e. The molecule has 2 aromatic rings. The van der Waals surface area contributed by atoms with Crippen LogP contribution in [0, 0.1) is 11.3 Å². The molecule has 0 amide bonds. The average Bonchev–Trinajstić information content (AvgIpc) is 2.83. The zero-order valence-corrected chi connectivity index (χ0v) is 17.6. The number of ether oxygens (including phenoxy) is 4. The maximum Gasteiger partial charge on any atom is 0.349 e. The van der Waals surface area contributed by atoms with E-state index in [0.29, 0.717) is 23.7 Å². The van der Waals surface area contributed by atoms with Crippen molar-refractivity contribution in [1.82, 2.24) is 4.90 Å². The molecule has 0 bridgehead atoms. The zero-order valence-electron chi connectivity index (χ0n) is 17.6. The molecule has 1 fully saturated rings. The van der Waals surface area contributed by atoms with E-state index in [2.05, 4.69) is 4.90 Å². The molecule has 0 aliphatic carbocycles. The molecule has 2 aromatic carbocycles. The molecule has 0 unspecified atom stereocenters. The van der Waals surface area contributed by atoms with Crippen LogP contribution in [0.5, 0.6) is 11.5 Å². The summed E-state index contributed by atoms with van der Waals surface area (Å²) < 4.78 is 21.9. The monoisotopic (exact) mass is 422 g/mol. The van der Waals surface area contributed by atoms with Crippen molar-refractivity contribution in [3.8, 4) is 17.6 Å². The summed E-state index contributed by atoms with van der Waals surface area (Å²) in [6.07, 6.45) is 1.48. The van der Waals surface area contributed by atoms with Crippen molar-refractivity contribution in [2.24, 2.45) is 0 Å². The topological polar surface area (TPSA) is 81.0 Å². The normalized spacial score (nSPS) is 14.5. The predicted molar refractivity (Wildman–Crippen MR) is 116 cm³/mol. The van der Waals surface area contributed by atoms with Crippen LogP contribution in [0.2, 0.25) is 0 Å². The molecule has 1 aliphatic heterocycles. The Hall–Kier alpha value is -3.34. The number of morpholine rings is 1. The number of rotatable bonds is 9. The summed E-state index contributed by atoms with van der Waals surface area (Å²) in [5.74, 6) is 0.472. The van der Waals surface area contributed by atoms with Gasteiger partial charge in [-0.2, -0.15) is 5.26 Å². The summed E-state index contributed by atoms with van der Waals surface area (Å²) >= 11 is 0. The lowest BCUT2D eigenvalue weighted by Gasteiger charge is -2.26. The van der Waals surface area contributed by atoms with Crippen molar-refractivity contribution in [2.75, 3.05) is 46.6 Å². The van der Waals surface area contributed by atoms with E-state index in [-0.39, 0.29) is 12.2 Å². The quantitative estimate of drug-likeness (QED) is 0.349. The van der Waals surface area contributed by atoms with Crippen LogP contribution in [0.15, 0.2) is 54.1 Å². The van der Waals surface area contributed by atoms with Gasteiger partial charge < -0.3 is 18.9 Å². The molecule has 0 aromatic heterocycles. The molecule has 1 saturated heterocycles. The van der Waals surface area contributed by atoms with Gasteiger partial charge in [-0.3, -0.25) is 4.90 Å². The summed E-state index contributed by atoms with van der Waals surface area (Å²) in [6.45, 7) is 4.75. The Morgan fingerprint density at radius 2 is 1.94 bits per heavy atom. The molecule has 1 heterocycles. The Morgan fingerprint density at radius 3 is 2.65 bits per heavy atom. The molecule has 0 spiro atoms.